The Labute approximate surface area is 120 Å². The Morgan fingerprint density at radius 3 is 2.86 bits per heavy atom. The van der Waals surface area contributed by atoms with E-state index in [1.165, 1.54) is 25.3 Å². The van der Waals surface area contributed by atoms with Gasteiger partial charge in [0.1, 0.15) is 11.4 Å². The summed E-state index contributed by atoms with van der Waals surface area (Å²) in [4.78, 5) is 16.2. The van der Waals surface area contributed by atoms with Crippen LogP contribution in [0.2, 0.25) is 0 Å². The van der Waals surface area contributed by atoms with Crippen molar-refractivity contribution in [1.29, 1.82) is 0 Å². The predicted octanol–water partition coefficient (Wildman–Crippen LogP) is 3.40. The molecular formula is C16H12FNO3. The third-order valence-corrected chi connectivity index (χ3v) is 3.12. The van der Waals surface area contributed by atoms with Crippen LogP contribution < -0.4 is 4.74 Å². The maximum Gasteiger partial charge on any atom is 0.212 e. The highest BCUT2D eigenvalue weighted by molar-refractivity contribution is 5.98. The van der Waals surface area contributed by atoms with E-state index in [4.69, 9.17) is 9.15 Å². The van der Waals surface area contributed by atoms with E-state index in [1.54, 1.807) is 24.4 Å². The van der Waals surface area contributed by atoms with Gasteiger partial charge < -0.3 is 9.15 Å². The van der Waals surface area contributed by atoms with E-state index in [0.29, 0.717) is 16.8 Å². The average molecular weight is 285 g/mol. The molecule has 0 aliphatic heterocycles. The maximum absolute atomic E-state index is 13.1. The zero-order chi connectivity index (χ0) is 14.8. The van der Waals surface area contributed by atoms with E-state index in [-0.39, 0.29) is 23.8 Å². The van der Waals surface area contributed by atoms with Gasteiger partial charge in [-0.25, -0.2) is 9.37 Å². The number of furan rings is 1. The Morgan fingerprint density at radius 1 is 1.29 bits per heavy atom. The summed E-state index contributed by atoms with van der Waals surface area (Å²) in [7, 11) is 1.53. The van der Waals surface area contributed by atoms with Gasteiger partial charge in [-0.05, 0) is 29.8 Å². The number of halogens is 1. The number of fused-ring (bicyclic) bond motifs is 1. The Balaban J connectivity index is 1.82. The van der Waals surface area contributed by atoms with Gasteiger partial charge in [-0.2, -0.15) is 0 Å². The van der Waals surface area contributed by atoms with E-state index in [9.17, 15) is 9.18 Å². The van der Waals surface area contributed by atoms with Gasteiger partial charge in [0.05, 0.1) is 7.11 Å². The van der Waals surface area contributed by atoms with E-state index >= 15 is 0 Å². The normalized spacial score (nSPS) is 10.8. The number of ether oxygens (including phenoxy) is 1. The minimum absolute atomic E-state index is 0.166. The van der Waals surface area contributed by atoms with Crippen LogP contribution in [0.25, 0.3) is 11.0 Å². The zero-order valence-electron chi connectivity index (χ0n) is 11.3. The van der Waals surface area contributed by atoms with Crippen molar-refractivity contribution in [1.82, 2.24) is 4.98 Å². The van der Waals surface area contributed by atoms with Crippen molar-refractivity contribution in [3.8, 4) is 5.88 Å². The SMILES string of the molecule is COc1ccc(CC(=O)c2cc3cc(F)ccc3o2)cn1. The molecule has 106 valence electrons. The number of hydrogen-bond donors (Lipinski definition) is 0. The van der Waals surface area contributed by atoms with Crippen molar-refractivity contribution < 1.29 is 18.3 Å². The topological polar surface area (TPSA) is 52.3 Å². The Bertz CT molecular complexity index is 793. The fourth-order valence-corrected chi connectivity index (χ4v) is 2.06. The number of benzene rings is 1. The molecule has 0 atom stereocenters. The molecule has 0 spiro atoms. The average Bonchev–Trinajstić information content (AvgIpc) is 2.91. The summed E-state index contributed by atoms with van der Waals surface area (Å²) < 4.78 is 23.5. The molecule has 0 saturated carbocycles. The quantitative estimate of drug-likeness (QED) is 0.689. The highest BCUT2D eigenvalue weighted by atomic mass is 19.1. The van der Waals surface area contributed by atoms with Gasteiger partial charge in [-0.3, -0.25) is 4.79 Å². The second kappa shape index (κ2) is 5.36. The van der Waals surface area contributed by atoms with Crippen molar-refractivity contribution in [2.24, 2.45) is 0 Å². The summed E-state index contributed by atoms with van der Waals surface area (Å²) in [6.45, 7) is 0. The molecule has 0 bridgehead atoms. The van der Waals surface area contributed by atoms with Gasteiger partial charge in [0.2, 0.25) is 11.7 Å². The molecule has 21 heavy (non-hydrogen) atoms. The smallest absolute Gasteiger partial charge is 0.212 e. The highest BCUT2D eigenvalue weighted by Crippen LogP contribution is 2.21. The number of carbonyl (C=O) groups excluding carboxylic acids is 1. The molecule has 0 aliphatic carbocycles. The maximum atomic E-state index is 13.1. The molecule has 0 fully saturated rings. The van der Waals surface area contributed by atoms with E-state index < -0.39 is 0 Å². The Kier molecular flexibility index (Phi) is 3.39. The number of hydrogen-bond acceptors (Lipinski definition) is 4. The number of rotatable bonds is 4. The second-order valence-electron chi connectivity index (χ2n) is 4.60. The van der Waals surface area contributed by atoms with Crippen molar-refractivity contribution >= 4 is 16.8 Å². The molecule has 3 aromatic rings. The summed E-state index contributed by atoms with van der Waals surface area (Å²) in [5.74, 6) is 0.164. The van der Waals surface area contributed by atoms with Crippen molar-refractivity contribution in [3.63, 3.8) is 0 Å². The van der Waals surface area contributed by atoms with Crippen LogP contribution in [0, 0.1) is 5.82 Å². The minimum Gasteiger partial charge on any atom is -0.481 e. The minimum atomic E-state index is -0.360. The molecule has 0 radical (unpaired) electrons. The summed E-state index contributed by atoms with van der Waals surface area (Å²) in [5.41, 5.74) is 1.25. The molecule has 5 heteroatoms. The summed E-state index contributed by atoms with van der Waals surface area (Å²) in [5, 5.41) is 0.575. The van der Waals surface area contributed by atoms with E-state index in [2.05, 4.69) is 4.98 Å². The van der Waals surface area contributed by atoms with Crippen LogP contribution in [0.4, 0.5) is 4.39 Å². The third kappa shape index (κ3) is 2.76. The Hall–Kier alpha value is -2.69. The summed E-state index contributed by atoms with van der Waals surface area (Å²) in [6, 6.07) is 9.16. The first kappa shape index (κ1) is 13.3. The van der Waals surface area contributed by atoms with Gasteiger partial charge in [0.15, 0.2) is 5.76 Å². The summed E-state index contributed by atoms with van der Waals surface area (Å²) in [6.07, 6.45) is 1.75. The van der Waals surface area contributed by atoms with Crippen LogP contribution in [0.5, 0.6) is 5.88 Å². The van der Waals surface area contributed by atoms with Gasteiger partial charge >= 0.3 is 0 Å². The lowest BCUT2D eigenvalue weighted by Crippen LogP contribution is -2.02. The molecule has 0 N–H and O–H groups in total. The van der Waals surface area contributed by atoms with Gasteiger partial charge in [-0.15, -0.1) is 0 Å². The van der Waals surface area contributed by atoms with Crippen LogP contribution in [0.15, 0.2) is 47.0 Å². The predicted molar refractivity (Wildman–Crippen MR) is 75.0 cm³/mol. The van der Waals surface area contributed by atoms with Crippen molar-refractivity contribution in [2.45, 2.75) is 6.42 Å². The molecule has 0 amide bonds. The van der Waals surface area contributed by atoms with E-state index in [1.807, 2.05) is 0 Å². The van der Waals surface area contributed by atoms with Crippen LogP contribution in [0.1, 0.15) is 16.1 Å². The first-order chi connectivity index (χ1) is 10.2. The van der Waals surface area contributed by atoms with Gasteiger partial charge in [0.25, 0.3) is 0 Å². The number of Topliss-reactive ketones (excluding diaryl/α,β-unsaturated/α-hetero) is 1. The molecule has 0 aliphatic rings. The number of nitrogens with zero attached hydrogens (tertiary/aromatic N) is 1. The Morgan fingerprint density at radius 2 is 2.14 bits per heavy atom. The number of methoxy groups -OCH3 is 1. The van der Waals surface area contributed by atoms with Gasteiger partial charge in [0, 0.05) is 24.1 Å². The highest BCUT2D eigenvalue weighted by Gasteiger charge is 2.13. The molecular weight excluding hydrogens is 273 g/mol. The first-order valence-electron chi connectivity index (χ1n) is 6.37. The molecule has 2 aromatic heterocycles. The monoisotopic (exact) mass is 285 g/mol. The van der Waals surface area contributed by atoms with Crippen molar-refractivity contribution in [3.05, 3.63) is 59.7 Å². The number of carbonyl (C=O) groups is 1. The van der Waals surface area contributed by atoms with Crippen LogP contribution in [-0.4, -0.2) is 17.9 Å². The molecule has 1 aromatic carbocycles. The number of aromatic nitrogens is 1. The lowest BCUT2D eigenvalue weighted by atomic mass is 10.1. The van der Waals surface area contributed by atoms with E-state index in [0.717, 1.165) is 5.56 Å². The molecule has 0 saturated heterocycles. The van der Waals surface area contributed by atoms with Crippen molar-refractivity contribution in [2.75, 3.05) is 7.11 Å². The second-order valence-corrected chi connectivity index (χ2v) is 4.60. The third-order valence-electron chi connectivity index (χ3n) is 3.12. The summed E-state index contributed by atoms with van der Waals surface area (Å²) >= 11 is 0. The molecule has 4 nitrogen and oxygen atoms in total. The number of pyridine rings is 1. The van der Waals surface area contributed by atoms with Crippen LogP contribution in [0.3, 0.4) is 0 Å². The molecule has 0 unspecified atom stereocenters. The zero-order valence-corrected chi connectivity index (χ0v) is 11.3. The van der Waals surface area contributed by atoms with Gasteiger partial charge in [-0.1, -0.05) is 6.07 Å². The molecule has 3 rings (SSSR count). The lowest BCUT2D eigenvalue weighted by Gasteiger charge is -2.00. The van der Waals surface area contributed by atoms with Crippen LogP contribution >= 0.6 is 0 Å². The first-order valence-corrected chi connectivity index (χ1v) is 6.37. The fourth-order valence-electron chi connectivity index (χ4n) is 2.06. The fraction of sp³-hybridized carbons (Fsp3) is 0.125. The molecule has 2 heterocycles. The lowest BCUT2D eigenvalue weighted by molar-refractivity contribution is 0.0968. The standard InChI is InChI=1S/C16H12FNO3/c1-20-16-5-2-10(9-18-16)6-13(19)15-8-11-7-12(17)3-4-14(11)21-15/h2-5,7-9H,6H2,1H3. The van der Waals surface area contributed by atoms with Crippen LogP contribution in [-0.2, 0) is 6.42 Å². The number of ketones is 1. The largest absolute Gasteiger partial charge is 0.481 e.